The van der Waals surface area contributed by atoms with Crippen molar-refractivity contribution in [3.8, 4) is 0 Å². The van der Waals surface area contributed by atoms with Gasteiger partial charge in [0.15, 0.2) is 0 Å². The average Bonchev–Trinajstić information content (AvgIpc) is 2.80. The van der Waals surface area contributed by atoms with Crippen molar-refractivity contribution in [1.29, 1.82) is 0 Å². The molecule has 0 radical (unpaired) electrons. The number of hydrogen-bond acceptors (Lipinski definition) is 4. The lowest BCUT2D eigenvalue weighted by Gasteiger charge is -2.19. The molecule has 0 aromatic heterocycles. The van der Waals surface area contributed by atoms with Crippen LogP contribution in [0.15, 0.2) is 72.4 Å². The van der Waals surface area contributed by atoms with Crippen LogP contribution in [-0.2, 0) is 10.2 Å². The molecule has 0 aliphatic rings. The number of aryl methyl sites for hydroxylation is 1. The Morgan fingerprint density at radius 2 is 1.60 bits per heavy atom. The van der Waals surface area contributed by atoms with Crippen LogP contribution in [0.5, 0.6) is 0 Å². The van der Waals surface area contributed by atoms with Crippen LogP contribution in [0.25, 0.3) is 6.08 Å². The first-order valence-electron chi connectivity index (χ1n) is 10.9. The summed E-state index contributed by atoms with van der Waals surface area (Å²) in [7, 11) is 0. The minimum atomic E-state index is -0.562. The quantitative estimate of drug-likeness (QED) is 0.241. The number of non-ortho nitro benzene ring substituents is 1. The monoisotopic (exact) mass is 491 g/mol. The lowest BCUT2D eigenvalue weighted by molar-refractivity contribution is -0.384. The highest BCUT2D eigenvalue weighted by atomic mass is 35.5. The van der Waals surface area contributed by atoms with Gasteiger partial charge in [-0.1, -0.05) is 50.6 Å². The molecule has 180 valence electrons. The standard InChI is InChI=1S/C27H26ClN3O4/c1-17-5-12-21(28)16-23(17)29-26(33)24(15-18-6-13-22(14-7-18)31(34)35)30-25(32)19-8-10-20(11-9-19)27(2,3)4/h5-16H,1-4H3,(H,29,33)(H,30,32). The van der Waals surface area contributed by atoms with E-state index in [-0.39, 0.29) is 16.8 Å². The summed E-state index contributed by atoms with van der Waals surface area (Å²) in [6.45, 7) is 8.06. The van der Waals surface area contributed by atoms with Gasteiger partial charge in [-0.3, -0.25) is 19.7 Å². The van der Waals surface area contributed by atoms with Crippen molar-refractivity contribution in [2.45, 2.75) is 33.1 Å². The maximum absolute atomic E-state index is 13.2. The molecule has 0 atom stereocenters. The molecule has 35 heavy (non-hydrogen) atoms. The third kappa shape index (κ3) is 6.77. The van der Waals surface area contributed by atoms with E-state index in [1.165, 1.54) is 30.3 Å². The Hall–Kier alpha value is -3.97. The van der Waals surface area contributed by atoms with Gasteiger partial charge >= 0.3 is 0 Å². The molecule has 0 aliphatic heterocycles. The number of nitrogens with zero attached hydrogens (tertiary/aromatic N) is 1. The molecule has 3 aromatic rings. The number of carbonyl (C=O) groups is 2. The zero-order valence-electron chi connectivity index (χ0n) is 19.9. The Balaban J connectivity index is 1.92. The predicted molar refractivity (Wildman–Crippen MR) is 139 cm³/mol. The van der Waals surface area contributed by atoms with Crippen LogP contribution in [0.2, 0.25) is 5.02 Å². The summed E-state index contributed by atoms with van der Waals surface area (Å²) in [4.78, 5) is 36.6. The number of nitro groups is 1. The molecule has 0 unspecified atom stereocenters. The fraction of sp³-hybridized carbons (Fsp3) is 0.185. The Morgan fingerprint density at radius 1 is 0.971 bits per heavy atom. The minimum Gasteiger partial charge on any atom is -0.320 e. The average molecular weight is 492 g/mol. The molecule has 0 fully saturated rings. The van der Waals surface area contributed by atoms with Gasteiger partial charge in [-0.05, 0) is 71.5 Å². The Morgan fingerprint density at radius 3 is 2.17 bits per heavy atom. The van der Waals surface area contributed by atoms with E-state index >= 15 is 0 Å². The summed E-state index contributed by atoms with van der Waals surface area (Å²) in [5.41, 5.74) is 3.09. The third-order valence-electron chi connectivity index (χ3n) is 5.37. The zero-order chi connectivity index (χ0) is 25.8. The summed E-state index contributed by atoms with van der Waals surface area (Å²) < 4.78 is 0. The van der Waals surface area contributed by atoms with Crippen LogP contribution in [0, 0.1) is 17.0 Å². The third-order valence-corrected chi connectivity index (χ3v) is 5.60. The van der Waals surface area contributed by atoms with Gasteiger partial charge in [0.05, 0.1) is 4.92 Å². The molecule has 2 N–H and O–H groups in total. The zero-order valence-corrected chi connectivity index (χ0v) is 20.6. The normalized spacial score (nSPS) is 11.6. The topological polar surface area (TPSA) is 101 Å². The molecule has 0 aliphatic carbocycles. The highest BCUT2D eigenvalue weighted by molar-refractivity contribution is 6.31. The van der Waals surface area contributed by atoms with Crippen molar-refractivity contribution < 1.29 is 14.5 Å². The Kier molecular flexibility index (Phi) is 7.71. The van der Waals surface area contributed by atoms with E-state index in [0.29, 0.717) is 21.8 Å². The van der Waals surface area contributed by atoms with Crippen LogP contribution in [0.4, 0.5) is 11.4 Å². The number of rotatable bonds is 6. The highest BCUT2D eigenvalue weighted by Crippen LogP contribution is 2.23. The number of halogens is 1. The molecule has 2 amide bonds. The van der Waals surface area contributed by atoms with Crippen LogP contribution in [0.1, 0.15) is 47.8 Å². The van der Waals surface area contributed by atoms with Gasteiger partial charge in [-0.2, -0.15) is 0 Å². The first-order valence-corrected chi connectivity index (χ1v) is 11.3. The molecule has 0 saturated carbocycles. The molecule has 0 bridgehead atoms. The van der Waals surface area contributed by atoms with Crippen molar-refractivity contribution in [1.82, 2.24) is 5.32 Å². The second-order valence-electron chi connectivity index (χ2n) is 9.10. The van der Waals surface area contributed by atoms with E-state index in [1.807, 2.05) is 19.1 Å². The van der Waals surface area contributed by atoms with Gasteiger partial charge in [0.25, 0.3) is 17.5 Å². The van der Waals surface area contributed by atoms with Gasteiger partial charge in [0.2, 0.25) is 0 Å². The Labute approximate surface area is 209 Å². The number of nitro benzene ring substituents is 1. The second-order valence-corrected chi connectivity index (χ2v) is 9.54. The number of anilines is 1. The summed E-state index contributed by atoms with van der Waals surface area (Å²) in [6, 6.07) is 17.9. The van der Waals surface area contributed by atoms with Crippen molar-refractivity contribution in [2.75, 3.05) is 5.32 Å². The van der Waals surface area contributed by atoms with Gasteiger partial charge in [0, 0.05) is 28.4 Å². The molecule has 3 aromatic carbocycles. The van der Waals surface area contributed by atoms with Gasteiger partial charge in [-0.15, -0.1) is 0 Å². The number of hydrogen-bond donors (Lipinski definition) is 2. The number of nitrogens with one attached hydrogen (secondary N) is 2. The lowest BCUT2D eigenvalue weighted by atomic mass is 9.87. The molecular weight excluding hydrogens is 466 g/mol. The summed E-state index contributed by atoms with van der Waals surface area (Å²) in [5.74, 6) is -1.02. The van der Waals surface area contributed by atoms with Gasteiger partial charge in [0.1, 0.15) is 5.70 Å². The lowest BCUT2D eigenvalue weighted by Crippen LogP contribution is -2.31. The largest absolute Gasteiger partial charge is 0.320 e. The molecule has 3 rings (SSSR count). The van der Waals surface area contributed by atoms with E-state index in [4.69, 9.17) is 11.6 Å². The fourth-order valence-electron chi connectivity index (χ4n) is 3.25. The molecule has 0 saturated heterocycles. The van der Waals surface area contributed by atoms with E-state index in [0.717, 1.165) is 11.1 Å². The van der Waals surface area contributed by atoms with Gasteiger partial charge < -0.3 is 10.6 Å². The minimum absolute atomic E-state index is 0.0249. The maximum Gasteiger partial charge on any atom is 0.272 e. The maximum atomic E-state index is 13.2. The van der Waals surface area contributed by atoms with Crippen molar-refractivity contribution in [2.24, 2.45) is 0 Å². The fourth-order valence-corrected chi connectivity index (χ4v) is 3.42. The smallest absolute Gasteiger partial charge is 0.272 e. The molecule has 0 spiro atoms. The van der Waals surface area contributed by atoms with E-state index in [2.05, 4.69) is 31.4 Å². The van der Waals surface area contributed by atoms with Crippen LogP contribution in [0.3, 0.4) is 0 Å². The van der Waals surface area contributed by atoms with Crippen molar-refractivity contribution >= 4 is 40.9 Å². The first kappa shape index (κ1) is 25.6. The Bertz CT molecular complexity index is 1290. The molecular formula is C27H26ClN3O4. The highest BCUT2D eigenvalue weighted by Gasteiger charge is 2.18. The summed E-state index contributed by atoms with van der Waals surface area (Å²) in [5, 5.41) is 16.9. The van der Waals surface area contributed by atoms with Crippen molar-refractivity contribution in [3.05, 3.63) is 110 Å². The van der Waals surface area contributed by atoms with Crippen molar-refractivity contribution in [3.63, 3.8) is 0 Å². The SMILES string of the molecule is Cc1ccc(Cl)cc1NC(=O)C(=Cc1ccc([N+](=O)[O-])cc1)NC(=O)c1ccc(C(C)(C)C)cc1. The summed E-state index contributed by atoms with van der Waals surface area (Å²) >= 11 is 6.07. The summed E-state index contributed by atoms with van der Waals surface area (Å²) in [6.07, 6.45) is 1.46. The molecule has 8 heteroatoms. The second kappa shape index (κ2) is 10.5. The molecule has 0 heterocycles. The van der Waals surface area contributed by atoms with E-state index in [9.17, 15) is 19.7 Å². The first-order chi connectivity index (χ1) is 16.4. The predicted octanol–water partition coefficient (Wildman–Crippen LogP) is 6.26. The van der Waals surface area contributed by atoms with E-state index in [1.54, 1.807) is 30.3 Å². The number of carbonyl (C=O) groups excluding carboxylic acids is 2. The van der Waals surface area contributed by atoms with Gasteiger partial charge in [-0.25, -0.2) is 0 Å². The molecule has 7 nitrogen and oxygen atoms in total. The van der Waals surface area contributed by atoms with Crippen LogP contribution >= 0.6 is 11.6 Å². The van der Waals surface area contributed by atoms with E-state index < -0.39 is 16.7 Å². The number of amides is 2. The number of benzene rings is 3. The van der Waals surface area contributed by atoms with Crippen LogP contribution in [-0.4, -0.2) is 16.7 Å². The van der Waals surface area contributed by atoms with Crippen LogP contribution < -0.4 is 10.6 Å².